The number of thiophene rings is 1. The molecular weight excluding hydrogens is 418 g/mol. The Kier molecular flexibility index (Phi) is 6.71. The lowest BCUT2D eigenvalue weighted by molar-refractivity contribution is -0.127. The molecule has 0 bridgehead atoms. The fourth-order valence-corrected chi connectivity index (χ4v) is 4.44. The summed E-state index contributed by atoms with van der Waals surface area (Å²) in [4.78, 5) is 26.4. The number of halogens is 1. The van der Waals surface area contributed by atoms with Crippen molar-refractivity contribution in [1.29, 1.82) is 0 Å². The van der Waals surface area contributed by atoms with Gasteiger partial charge in [0.15, 0.2) is 5.16 Å². The van der Waals surface area contributed by atoms with Crippen LogP contribution in [0.1, 0.15) is 11.8 Å². The summed E-state index contributed by atoms with van der Waals surface area (Å²) in [5.41, 5.74) is 1.48. The molecule has 2 heterocycles. The van der Waals surface area contributed by atoms with Crippen LogP contribution in [0.15, 0.2) is 47.9 Å². The van der Waals surface area contributed by atoms with Crippen LogP contribution in [0.25, 0.3) is 5.69 Å². The first kappa shape index (κ1) is 20.4. The zero-order chi connectivity index (χ0) is 20.1. The first-order chi connectivity index (χ1) is 13.4. The van der Waals surface area contributed by atoms with Gasteiger partial charge in [0.05, 0.1) is 22.3 Å². The van der Waals surface area contributed by atoms with Gasteiger partial charge in [-0.2, -0.15) is 0 Å². The monoisotopic (exact) mass is 435 g/mol. The van der Waals surface area contributed by atoms with Crippen LogP contribution < -0.4 is 5.32 Å². The Morgan fingerprint density at radius 1 is 1.32 bits per heavy atom. The SMILES string of the molecule is CC(=O)Nc1cccc(-n2cnnc2SCC(=O)N(C)Cc2ccc(Cl)s2)c1. The molecule has 0 saturated heterocycles. The Bertz CT molecular complexity index is 988. The molecule has 1 N–H and O–H groups in total. The van der Waals surface area contributed by atoms with E-state index in [4.69, 9.17) is 11.6 Å². The van der Waals surface area contributed by atoms with Crippen LogP contribution in [0.3, 0.4) is 0 Å². The van der Waals surface area contributed by atoms with E-state index in [1.165, 1.54) is 30.0 Å². The second kappa shape index (κ2) is 9.22. The number of thioether (sulfide) groups is 1. The lowest BCUT2D eigenvalue weighted by Gasteiger charge is -2.16. The van der Waals surface area contributed by atoms with Gasteiger partial charge in [-0.1, -0.05) is 29.4 Å². The third-order valence-corrected chi connectivity index (χ3v) is 5.88. The number of aromatic nitrogens is 3. The van der Waals surface area contributed by atoms with E-state index in [2.05, 4.69) is 15.5 Å². The maximum Gasteiger partial charge on any atom is 0.233 e. The van der Waals surface area contributed by atoms with Gasteiger partial charge in [-0.25, -0.2) is 0 Å². The second-order valence-corrected chi connectivity index (χ2v) is 8.70. The van der Waals surface area contributed by atoms with Gasteiger partial charge in [0.1, 0.15) is 6.33 Å². The Morgan fingerprint density at radius 2 is 2.14 bits per heavy atom. The lowest BCUT2D eigenvalue weighted by Crippen LogP contribution is -2.27. The number of hydrogen-bond donors (Lipinski definition) is 1. The standard InChI is InChI=1S/C18H18ClN5O2S2/c1-12(25)21-13-4-3-5-14(8-13)24-11-20-22-18(24)27-10-17(26)23(2)9-15-6-7-16(19)28-15/h3-8,11H,9-10H2,1-2H3,(H,21,25). The Balaban J connectivity index is 1.64. The van der Waals surface area contributed by atoms with Crippen molar-refractivity contribution >= 4 is 52.2 Å². The van der Waals surface area contributed by atoms with Gasteiger partial charge in [-0.05, 0) is 30.3 Å². The fourth-order valence-electron chi connectivity index (χ4n) is 2.43. The van der Waals surface area contributed by atoms with E-state index in [9.17, 15) is 9.59 Å². The van der Waals surface area contributed by atoms with E-state index in [1.54, 1.807) is 28.9 Å². The summed E-state index contributed by atoms with van der Waals surface area (Å²) in [5.74, 6) is 0.0758. The van der Waals surface area contributed by atoms with Crippen molar-refractivity contribution in [3.05, 3.63) is 51.9 Å². The molecular formula is C18H18ClN5O2S2. The Hall–Kier alpha value is -2.36. The van der Waals surface area contributed by atoms with Crippen molar-refractivity contribution in [2.45, 2.75) is 18.6 Å². The van der Waals surface area contributed by atoms with Gasteiger partial charge in [0.25, 0.3) is 0 Å². The van der Waals surface area contributed by atoms with Crippen molar-refractivity contribution in [3.63, 3.8) is 0 Å². The number of rotatable bonds is 7. The smallest absolute Gasteiger partial charge is 0.233 e. The van der Waals surface area contributed by atoms with Gasteiger partial charge >= 0.3 is 0 Å². The molecule has 146 valence electrons. The predicted octanol–water partition coefficient (Wildman–Crippen LogP) is 3.69. The molecule has 1 aromatic carbocycles. The van der Waals surface area contributed by atoms with Gasteiger partial charge < -0.3 is 10.2 Å². The highest BCUT2D eigenvalue weighted by molar-refractivity contribution is 7.99. The molecule has 2 aromatic heterocycles. The van der Waals surface area contributed by atoms with Crippen LogP contribution in [0.2, 0.25) is 4.34 Å². The summed E-state index contributed by atoms with van der Waals surface area (Å²) < 4.78 is 2.49. The maximum atomic E-state index is 12.4. The summed E-state index contributed by atoms with van der Waals surface area (Å²) in [6.45, 7) is 1.97. The molecule has 3 aromatic rings. The summed E-state index contributed by atoms with van der Waals surface area (Å²) in [5, 5.41) is 11.4. The van der Waals surface area contributed by atoms with Gasteiger partial charge in [-0.3, -0.25) is 14.2 Å². The first-order valence-corrected chi connectivity index (χ1v) is 10.5. The minimum absolute atomic E-state index is 0.0175. The normalized spacial score (nSPS) is 10.7. The second-order valence-electron chi connectivity index (χ2n) is 5.96. The summed E-state index contributed by atoms with van der Waals surface area (Å²) in [6, 6.07) is 11.1. The summed E-state index contributed by atoms with van der Waals surface area (Å²) in [7, 11) is 1.76. The van der Waals surface area contributed by atoms with E-state index in [0.717, 1.165) is 10.6 Å². The third kappa shape index (κ3) is 5.34. The molecule has 0 unspecified atom stereocenters. The van der Waals surface area contributed by atoms with Crippen LogP contribution in [-0.2, 0) is 16.1 Å². The van der Waals surface area contributed by atoms with Crippen LogP contribution in [-0.4, -0.2) is 44.3 Å². The molecule has 0 aliphatic heterocycles. The minimum atomic E-state index is -0.142. The molecule has 10 heteroatoms. The zero-order valence-electron chi connectivity index (χ0n) is 15.3. The van der Waals surface area contributed by atoms with Crippen LogP contribution in [0, 0.1) is 0 Å². The molecule has 0 saturated carbocycles. The molecule has 3 rings (SSSR count). The number of carbonyl (C=O) groups excluding carboxylic acids is 2. The number of nitrogens with zero attached hydrogens (tertiary/aromatic N) is 4. The zero-order valence-corrected chi connectivity index (χ0v) is 17.6. The largest absolute Gasteiger partial charge is 0.340 e. The average molecular weight is 436 g/mol. The fraction of sp³-hybridized carbons (Fsp3) is 0.222. The molecule has 7 nitrogen and oxygen atoms in total. The number of amides is 2. The van der Waals surface area contributed by atoms with E-state index in [0.29, 0.717) is 21.7 Å². The number of benzene rings is 1. The molecule has 0 aliphatic rings. The van der Waals surface area contributed by atoms with Gasteiger partial charge in [0, 0.05) is 24.5 Å². The molecule has 0 aliphatic carbocycles. The Morgan fingerprint density at radius 3 is 2.86 bits per heavy atom. The highest BCUT2D eigenvalue weighted by atomic mass is 35.5. The van der Waals surface area contributed by atoms with Crippen molar-refractivity contribution in [2.75, 3.05) is 18.1 Å². The van der Waals surface area contributed by atoms with Gasteiger partial charge in [-0.15, -0.1) is 21.5 Å². The van der Waals surface area contributed by atoms with E-state index in [-0.39, 0.29) is 17.6 Å². The van der Waals surface area contributed by atoms with Gasteiger partial charge in [0.2, 0.25) is 11.8 Å². The molecule has 0 spiro atoms. The Labute approximate surface area is 175 Å². The minimum Gasteiger partial charge on any atom is -0.340 e. The van der Waals surface area contributed by atoms with Crippen molar-refractivity contribution in [3.8, 4) is 5.69 Å². The summed E-state index contributed by atoms with van der Waals surface area (Å²) >= 11 is 8.71. The lowest BCUT2D eigenvalue weighted by atomic mass is 10.2. The molecule has 0 atom stereocenters. The van der Waals surface area contributed by atoms with E-state index < -0.39 is 0 Å². The molecule has 0 radical (unpaired) electrons. The third-order valence-electron chi connectivity index (χ3n) is 3.73. The highest BCUT2D eigenvalue weighted by Gasteiger charge is 2.14. The van der Waals surface area contributed by atoms with Crippen molar-refractivity contribution < 1.29 is 9.59 Å². The number of hydrogen-bond acceptors (Lipinski definition) is 6. The topological polar surface area (TPSA) is 80.1 Å². The van der Waals surface area contributed by atoms with E-state index >= 15 is 0 Å². The quantitative estimate of drug-likeness (QED) is 0.572. The van der Waals surface area contributed by atoms with Crippen molar-refractivity contribution in [2.24, 2.45) is 0 Å². The molecule has 2 amide bonds. The number of anilines is 1. The molecule has 28 heavy (non-hydrogen) atoms. The highest BCUT2D eigenvalue weighted by Crippen LogP contribution is 2.24. The van der Waals surface area contributed by atoms with E-state index in [1.807, 2.05) is 30.3 Å². The van der Waals surface area contributed by atoms with Crippen LogP contribution in [0.4, 0.5) is 5.69 Å². The summed E-state index contributed by atoms with van der Waals surface area (Å²) in [6.07, 6.45) is 1.58. The maximum absolute atomic E-state index is 12.4. The van der Waals surface area contributed by atoms with Crippen LogP contribution in [0.5, 0.6) is 0 Å². The van der Waals surface area contributed by atoms with Crippen LogP contribution >= 0.6 is 34.7 Å². The number of carbonyl (C=O) groups is 2. The predicted molar refractivity (Wildman–Crippen MR) is 112 cm³/mol. The molecule has 0 fully saturated rings. The first-order valence-electron chi connectivity index (χ1n) is 8.31. The average Bonchev–Trinajstić information content (AvgIpc) is 3.28. The van der Waals surface area contributed by atoms with Crippen molar-refractivity contribution in [1.82, 2.24) is 19.7 Å². The number of nitrogens with one attached hydrogen (secondary N) is 1.